The summed E-state index contributed by atoms with van der Waals surface area (Å²) in [7, 11) is 0. The van der Waals surface area contributed by atoms with Gasteiger partial charge in [0.1, 0.15) is 6.61 Å². The fraction of sp³-hybridized carbons (Fsp3) is 0.200. The zero-order chi connectivity index (χ0) is 14.4. The number of aliphatic hydroxyl groups excluding tert-OH is 1. The van der Waals surface area contributed by atoms with E-state index in [0.717, 1.165) is 0 Å². The normalized spacial score (nSPS) is 11.8. The number of ether oxygens (including phenoxy) is 1. The molecule has 104 valence electrons. The SMILES string of the molecule is O=c1nccccc1CC(O)COc1ccccc1O. The van der Waals surface area contributed by atoms with Gasteiger partial charge in [0.15, 0.2) is 11.5 Å². The maximum absolute atomic E-state index is 11.6. The third kappa shape index (κ3) is 3.80. The molecule has 1 unspecified atom stereocenters. The van der Waals surface area contributed by atoms with Crippen LogP contribution in [0.5, 0.6) is 11.5 Å². The first-order valence-corrected chi connectivity index (χ1v) is 6.20. The number of aromatic hydroxyl groups is 1. The van der Waals surface area contributed by atoms with E-state index in [1.807, 2.05) is 0 Å². The van der Waals surface area contributed by atoms with Gasteiger partial charge in [0.25, 0.3) is 5.56 Å². The predicted molar refractivity (Wildman–Crippen MR) is 73.8 cm³/mol. The number of phenolic OH excluding ortho intramolecular Hbond substituents is 1. The van der Waals surface area contributed by atoms with Gasteiger partial charge in [0, 0.05) is 18.2 Å². The number of para-hydroxylation sites is 2. The molecule has 0 saturated heterocycles. The summed E-state index contributed by atoms with van der Waals surface area (Å²) in [6, 6.07) is 11.5. The molecule has 2 N–H and O–H groups in total. The molecule has 1 aromatic carbocycles. The van der Waals surface area contributed by atoms with Crippen molar-refractivity contribution in [1.82, 2.24) is 4.98 Å². The molecule has 2 aromatic rings. The Balaban J connectivity index is 1.97. The van der Waals surface area contributed by atoms with Crippen molar-refractivity contribution < 1.29 is 14.9 Å². The van der Waals surface area contributed by atoms with Crippen LogP contribution in [0.2, 0.25) is 0 Å². The highest BCUT2D eigenvalue weighted by Crippen LogP contribution is 2.24. The van der Waals surface area contributed by atoms with Gasteiger partial charge in [-0.1, -0.05) is 24.3 Å². The molecule has 1 aromatic heterocycles. The number of aromatic nitrogens is 1. The lowest BCUT2D eigenvalue weighted by Gasteiger charge is -2.12. The third-order valence-corrected chi connectivity index (χ3v) is 2.71. The maximum Gasteiger partial charge on any atom is 0.272 e. The molecule has 0 bridgehead atoms. The summed E-state index contributed by atoms with van der Waals surface area (Å²) in [5.74, 6) is 0.308. The first-order chi connectivity index (χ1) is 9.66. The fourth-order valence-corrected chi connectivity index (χ4v) is 1.72. The molecule has 0 aliphatic rings. The summed E-state index contributed by atoms with van der Waals surface area (Å²) in [6.45, 7) is -0.0182. The van der Waals surface area contributed by atoms with E-state index in [9.17, 15) is 15.0 Å². The van der Waals surface area contributed by atoms with Crippen molar-refractivity contribution in [3.63, 3.8) is 0 Å². The van der Waals surface area contributed by atoms with Gasteiger partial charge >= 0.3 is 0 Å². The summed E-state index contributed by atoms with van der Waals surface area (Å²) >= 11 is 0. The van der Waals surface area contributed by atoms with E-state index in [0.29, 0.717) is 11.3 Å². The number of hydrogen-bond donors (Lipinski definition) is 2. The van der Waals surface area contributed by atoms with Crippen molar-refractivity contribution >= 4 is 0 Å². The number of rotatable bonds is 5. The van der Waals surface area contributed by atoms with Crippen LogP contribution in [0.15, 0.2) is 53.5 Å². The Morgan fingerprint density at radius 3 is 2.70 bits per heavy atom. The number of benzene rings is 1. The lowest BCUT2D eigenvalue weighted by atomic mass is 10.1. The Bertz CT molecular complexity index is 630. The summed E-state index contributed by atoms with van der Waals surface area (Å²) < 4.78 is 5.31. The van der Waals surface area contributed by atoms with E-state index in [4.69, 9.17) is 4.74 Å². The highest BCUT2D eigenvalue weighted by Gasteiger charge is 2.10. The second kappa shape index (κ2) is 6.68. The molecule has 1 heterocycles. The Morgan fingerprint density at radius 1 is 1.15 bits per heavy atom. The van der Waals surface area contributed by atoms with Crippen molar-refractivity contribution in [3.8, 4) is 11.5 Å². The van der Waals surface area contributed by atoms with Gasteiger partial charge in [0.2, 0.25) is 0 Å². The Kier molecular flexibility index (Phi) is 4.68. The molecule has 1 atom stereocenters. The van der Waals surface area contributed by atoms with Crippen LogP contribution < -0.4 is 10.3 Å². The zero-order valence-electron chi connectivity index (χ0n) is 10.8. The molecule has 0 spiro atoms. The van der Waals surface area contributed by atoms with E-state index >= 15 is 0 Å². The van der Waals surface area contributed by atoms with Gasteiger partial charge in [0.05, 0.1) is 6.10 Å². The van der Waals surface area contributed by atoms with Gasteiger partial charge in [-0.15, -0.1) is 0 Å². The van der Waals surface area contributed by atoms with E-state index in [1.54, 1.807) is 36.4 Å². The maximum atomic E-state index is 11.6. The molecule has 5 nitrogen and oxygen atoms in total. The molecule has 0 saturated carbocycles. The standard InChI is InChI=1S/C15H15NO4/c17-12(9-11-5-3-4-8-16-15(11)19)10-20-14-7-2-1-6-13(14)18/h1-8,12,17-18H,9-10H2. The van der Waals surface area contributed by atoms with Crippen LogP contribution >= 0.6 is 0 Å². The van der Waals surface area contributed by atoms with Gasteiger partial charge < -0.3 is 14.9 Å². The summed E-state index contributed by atoms with van der Waals surface area (Å²) in [4.78, 5) is 15.3. The minimum Gasteiger partial charge on any atom is -0.504 e. The van der Waals surface area contributed by atoms with Crippen LogP contribution in [0.3, 0.4) is 0 Å². The third-order valence-electron chi connectivity index (χ3n) is 2.71. The molecular weight excluding hydrogens is 258 g/mol. The van der Waals surface area contributed by atoms with Crippen LogP contribution in [0, 0.1) is 0 Å². The number of phenols is 1. The van der Waals surface area contributed by atoms with Gasteiger partial charge in [-0.05, 0) is 18.2 Å². The molecule has 5 heteroatoms. The minimum absolute atomic E-state index is 0.0111. The summed E-state index contributed by atoms with van der Waals surface area (Å²) in [6.07, 6.45) is 0.705. The van der Waals surface area contributed by atoms with Crippen LogP contribution in [-0.2, 0) is 6.42 Å². The molecule has 0 aliphatic heterocycles. The number of aliphatic hydroxyl groups is 1. The lowest BCUT2D eigenvalue weighted by Crippen LogP contribution is -2.23. The molecule has 20 heavy (non-hydrogen) atoms. The van der Waals surface area contributed by atoms with Gasteiger partial charge in [-0.3, -0.25) is 4.79 Å². The van der Waals surface area contributed by atoms with E-state index in [-0.39, 0.29) is 24.3 Å². The topological polar surface area (TPSA) is 79.7 Å². The van der Waals surface area contributed by atoms with Crippen LogP contribution in [0.1, 0.15) is 5.56 Å². The quantitative estimate of drug-likeness (QED) is 0.853. The van der Waals surface area contributed by atoms with E-state index in [2.05, 4.69) is 4.98 Å². The highest BCUT2D eigenvalue weighted by atomic mass is 16.5. The summed E-state index contributed by atoms with van der Waals surface area (Å²) in [5, 5.41) is 19.4. The van der Waals surface area contributed by atoms with Crippen molar-refractivity contribution in [2.45, 2.75) is 12.5 Å². The predicted octanol–water partition coefficient (Wildman–Crippen LogP) is 1.13. The van der Waals surface area contributed by atoms with Crippen molar-refractivity contribution in [2.75, 3.05) is 6.61 Å². The largest absolute Gasteiger partial charge is 0.504 e. The van der Waals surface area contributed by atoms with Crippen molar-refractivity contribution in [3.05, 3.63) is 64.6 Å². The summed E-state index contributed by atoms with van der Waals surface area (Å²) in [5.41, 5.74) is 0.0555. The average Bonchev–Trinajstić information content (AvgIpc) is 2.63. The second-order valence-electron chi connectivity index (χ2n) is 4.30. The molecular formula is C15H15NO4. The minimum atomic E-state index is -0.855. The van der Waals surface area contributed by atoms with E-state index in [1.165, 1.54) is 12.3 Å². The van der Waals surface area contributed by atoms with Gasteiger partial charge in [-0.2, -0.15) is 0 Å². The first-order valence-electron chi connectivity index (χ1n) is 6.20. The van der Waals surface area contributed by atoms with Crippen LogP contribution in [-0.4, -0.2) is 27.9 Å². The van der Waals surface area contributed by atoms with Crippen LogP contribution in [0.4, 0.5) is 0 Å². The average molecular weight is 273 g/mol. The monoisotopic (exact) mass is 273 g/mol. The fourth-order valence-electron chi connectivity index (χ4n) is 1.72. The number of nitrogens with zero attached hydrogens (tertiary/aromatic N) is 1. The lowest BCUT2D eigenvalue weighted by molar-refractivity contribution is 0.106. The molecule has 0 radical (unpaired) electrons. The molecule has 2 rings (SSSR count). The van der Waals surface area contributed by atoms with E-state index < -0.39 is 6.10 Å². The van der Waals surface area contributed by atoms with Crippen molar-refractivity contribution in [2.24, 2.45) is 0 Å². The highest BCUT2D eigenvalue weighted by molar-refractivity contribution is 5.37. The first kappa shape index (κ1) is 14.0. The number of hydrogen-bond acceptors (Lipinski definition) is 5. The van der Waals surface area contributed by atoms with Crippen LogP contribution in [0.25, 0.3) is 0 Å². The molecule has 0 fully saturated rings. The second-order valence-corrected chi connectivity index (χ2v) is 4.30. The smallest absolute Gasteiger partial charge is 0.272 e. The zero-order valence-corrected chi connectivity index (χ0v) is 10.8. The van der Waals surface area contributed by atoms with Gasteiger partial charge in [-0.25, -0.2) is 4.98 Å². The Morgan fingerprint density at radius 2 is 1.90 bits per heavy atom. The van der Waals surface area contributed by atoms with Crippen molar-refractivity contribution in [1.29, 1.82) is 0 Å². The molecule has 0 amide bonds. The molecule has 0 aliphatic carbocycles. The Hall–Kier alpha value is -2.40. The Labute approximate surface area is 116 Å².